The zero-order valence-electron chi connectivity index (χ0n) is 8.42. The normalized spacial score (nSPS) is 12.4. The summed E-state index contributed by atoms with van der Waals surface area (Å²) in [7, 11) is 0. The van der Waals surface area contributed by atoms with E-state index < -0.39 is 0 Å². The zero-order valence-corrected chi connectivity index (χ0v) is 8.42. The Bertz CT molecular complexity index is 434. The predicted octanol–water partition coefficient (Wildman–Crippen LogP) is 0.533. The molecule has 2 nitrogen and oxygen atoms in total. The largest absolute Gasteiger partial charge is 0.366 e. The smallest absolute Gasteiger partial charge is 0.245 e. The molecule has 0 aliphatic rings. The molecule has 0 aliphatic heterocycles. The summed E-state index contributed by atoms with van der Waals surface area (Å²) in [6.07, 6.45) is 1.62. The molecule has 14 heavy (non-hydrogen) atoms. The van der Waals surface area contributed by atoms with Crippen LogP contribution in [0.1, 0.15) is 19.8 Å². The highest BCUT2D eigenvalue weighted by Crippen LogP contribution is 2.01. The van der Waals surface area contributed by atoms with Crippen LogP contribution in [0.15, 0.2) is 24.3 Å². The Labute approximate surface area is 83.7 Å². The van der Waals surface area contributed by atoms with E-state index >= 15 is 0 Å². The van der Waals surface area contributed by atoms with Crippen LogP contribution in [0.25, 0.3) is 12.2 Å². The monoisotopic (exact) mass is 189 g/mol. The molecule has 0 heterocycles. The van der Waals surface area contributed by atoms with Gasteiger partial charge in [-0.05, 0) is 16.9 Å². The van der Waals surface area contributed by atoms with Gasteiger partial charge in [0.2, 0.25) is 5.91 Å². The van der Waals surface area contributed by atoms with Crippen LogP contribution < -0.4 is 16.2 Å². The predicted molar refractivity (Wildman–Crippen MR) is 58.7 cm³/mol. The zero-order chi connectivity index (χ0) is 10.6. The van der Waals surface area contributed by atoms with Crippen LogP contribution in [0, 0.1) is 0 Å². The third-order valence-electron chi connectivity index (χ3n) is 2.14. The van der Waals surface area contributed by atoms with Crippen molar-refractivity contribution in [3.63, 3.8) is 0 Å². The lowest BCUT2D eigenvalue weighted by atomic mass is 10.1. The highest BCUT2D eigenvalue weighted by Gasteiger charge is 2.04. The average molecular weight is 189 g/mol. The van der Waals surface area contributed by atoms with Gasteiger partial charge in [-0.3, -0.25) is 4.79 Å². The maximum absolute atomic E-state index is 11.2. The molecule has 0 aliphatic carbocycles. The first-order valence-corrected chi connectivity index (χ1v) is 4.73. The highest BCUT2D eigenvalue weighted by molar-refractivity contribution is 6.12. The van der Waals surface area contributed by atoms with Crippen LogP contribution in [-0.2, 0) is 4.79 Å². The number of primary amides is 1. The van der Waals surface area contributed by atoms with Gasteiger partial charge >= 0.3 is 0 Å². The fraction of sp³-hybridized carbons (Fsp3) is 0.250. The van der Waals surface area contributed by atoms with Crippen LogP contribution in [0.3, 0.4) is 0 Å². The van der Waals surface area contributed by atoms with Gasteiger partial charge in [0.15, 0.2) is 0 Å². The second-order valence-electron chi connectivity index (χ2n) is 3.25. The van der Waals surface area contributed by atoms with Crippen LogP contribution in [0.5, 0.6) is 0 Å². The van der Waals surface area contributed by atoms with E-state index in [4.69, 9.17) is 5.73 Å². The third kappa shape index (κ3) is 2.22. The molecule has 2 heteroatoms. The molecule has 0 bridgehead atoms. The quantitative estimate of drug-likeness (QED) is 0.740. The summed E-state index contributed by atoms with van der Waals surface area (Å²) in [6, 6.07) is 7.56. The summed E-state index contributed by atoms with van der Waals surface area (Å²) >= 11 is 0. The molecule has 1 aromatic carbocycles. The number of rotatable bonds is 3. The number of hydrogen-bond acceptors (Lipinski definition) is 1. The summed E-state index contributed by atoms with van der Waals surface area (Å²) in [4.78, 5) is 11.2. The summed E-state index contributed by atoms with van der Waals surface area (Å²) in [6.45, 7) is 5.90. The summed E-state index contributed by atoms with van der Waals surface area (Å²) in [5, 5.41) is 1.73. The number of carbonyl (C=O) groups is 1. The highest BCUT2D eigenvalue weighted by atomic mass is 16.1. The van der Waals surface area contributed by atoms with Crippen molar-refractivity contribution >= 4 is 18.1 Å². The Morgan fingerprint density at radius 1 is 1.43 bits per heavy atom. The van der Waals surface area contributed by atoms with Gasteiger partial charge in [0.05, 0.1) is 0 Å². The van der Waals surface area contributed by atoms with E-state index in [1.807, 2.05) is 31.2 Å². The second kappa shape index (κ2) is 4.61. The standard InChI is InChI=1S/C12H15NO/c1-3-6-11(12(13)14)10-8-5-4-7-9(10)2/h4-5,7-8H,2-3,6H2,1H3,(H2,13,14)/b11-10+. The minimum absolute atomic E-state index is 0.344. The molecule has 0 aromatic heterocycles. The van der Waals surface area contributed by atoms with E-state index in [0.717, 1.165) is 16.9 Å². The van der Waals surface area contributed by atoms with Crippen LogP contribution in [0.2, 0.25) is 0 Å². The number of benzene rings is 1. The van der Waals surface area contributed by atoms with E-state index in [1.165, 1.54) is 0 Å². The molecule has 0 spiro atoms. The lowest BCUT2D eigenvalue weighted by Crippen LogP contribution is -2.30. The average Bonchev–Trinajstić information content (AvgIpc) is 2.15. The topological polar surface area (TPSA) is 43.1 Å². The van der Waals surface area contributed by atoms with E-state index in [1.54, 1.807) is 0 Å². The van der Waals surface area contributed by atoms with Gasteiger partial charge in [0.25, 0.3) is 0 Å². The van der Waals surface area contributed by atoms with Crippen molar-refractivity contribution in [3.05, 3.63) is 34.7 Å². The molecular weight excluding hydrogens is 174 g/mol. The van der Waals surface area contributed by atoms with Crippen LogP contribution >= 0.6 is 0 Å². The van der Waals surface area contributed by atoms with E-state index in [-0.39, 0.29) is 5.91 Å². The van der Waals surface area contributed by atoms with E-state index in [9.17, 15) is 4.79 Å². The van der Waals surface area contributed by atoms with Crippen molar-refractivity contribution in [1.82, 2.24) is 0 Å². The van der Waals surface area contributed by atoms with Crippen molar-refractivity contribution in [1.29, 1.82) is 0 Å². The number of hydrogen-bond donors (Lipinski definition) is 1. The Morgan fingerprint density at radius 2 is 2.07 bits per heavy atom. The number of carbonyl (C=O) groups excluding carboxylic acids is 1. The van der Waals surface area contributed by atoms with Crippen molar-refractivity contribution in [2.75, 3.05) is 0 Å². The number of amides is 1. The van der Waals surface area contributed by atoms with E-state index in [0.29, 0.717) is 12.0 Å². The first kappa shape index (κ1) is 10.5. The Kier molecular flexibility index (Phi) is 3.46. The molecule has 0 unspecified atom stereocenters. The molecule has 1 aromatic rings. The molecule has 2 N–H and O–H groups in total. The molecular formula is C12H15NO. The Hall–Kier alpha value is -1.57. The lowest BCUT2D eigenvalue weighted by Gasteiger charge is -2.00. The van der Waals surface area contributed by atoms with Gasteiger partial charge in [0, 0.05) is 5.57 Å². The van der Waals surface area contributed by atoms with Gasteiger partial charge in [-0.1, -0.05) is 44.2 Å². The second-order valence-corrected chi connectivity index (χ2v) is 3.25. The van der Waals surface area contributed by atoms with Crippen molar-refractivity contribution in [3.8, 4) is 0 Å². The molecule has 0 atom stereocenters. The van der Waals surface area contributed by atoms with Crippen LogP contribution in [0.4, 0.5) is 0 Å². The van der Waals surface area contributed by atoms with Crippen molar-refractivity contribution in [2.45, 2.75) is 19.8 Å². The molecule has 0 fully saturated rings. The molecule has 74 valence electrons. The molecule has 0 radical (unpaired) electrons. The Balaban J connectivity index is 3.44. The fourth-order valence-corrected chi connectivity index (χ4v) is 1.46. The minimum Gasteiger partial charge on any atom is -0.366 e. The molecule has 1 amide bonds. The van der Waals surface area contributed by atoms with Crippen LogP contribution in [-0.4, -0.2) is 5.91 Å². The maximum atomic E-state index is 11.2. The molecule has 0 saturated heterocycles. The van der Waals surface area contributed by atoms with Crippen molar-refractivity contribution < 1.29 is 4.79 Å². The summed E-state index contributed by atoms with van der Waals surface area (Å²) < 4.78 is 0. The molecule has 1 rings (SSSR count). The Morgan fingerprint density at radius 3 is 2.57 bits per heavy atom. The van der Waals surface area contributed by atoms with Crippen molar-refractivity contribution in [2.24, 2.45) is 5.73 Å². The van der Waals surface area contributed by atoms with Gasteiger partial charge < -0.3 is 5.73 Å². The van der Waals surface area contributed by atoms with Gasteiger partial charge in [-0.25, -0.2) is 0 Å². The number of nitrogens with two attached hydrogens (primary N) is 1. The third-order valence-corrected chi connectivity index (χ3v) is 2.14. The van der Waals surface area contributed by atoms with Gasteiger partial charge in [-0.15, -0.1) is 0 Å². The first-order valence-electron chi connectivity index (χ1n) is 4.73. The first-order chi connectivity index (χ1) is 6.66. The minimum atomic E-state index is -0.344. The van der Waals surface area contributed by atoms with Gasteiger partial charge in [-0.2, -0.15) is 0 Å². The maximum Gasteiger partial charge on any atom is 0.245 e. The molecule has 0 saturated carbocycles. The summed E-state index contributed by atoms with van der Waals surface area (Å²) in [5.74, 6) is -0.344. The lowest BCUT2D eigenvalue weighted by molar-refractivity contribution is -0.113. The SMILES string of the molecule is C=c1cccc/c1=C(/CCC)C(N)=O. The van der Waals surface area contributed by atoms with Gasteiger partial charge in [0.1, 0.15) is 0 Å². The van der Waals surface area contributed by atoms with E-state index in [2.05, 4.69) is 6.58 Å². The summed E-state index contributed by atoms with van der Waals surface area (Å²) in [5.41, 5.74) is 6.00. The fourth-order valence-electron chi connectivity index (χ4n) is 1.46.